The molecule has 6 heteroatoms. The van der Waals surface area contributed by atoms with Gasteiger partial charge in [0.1, 0.15) is 5.02 Å². The van der Waals surface area contributed by atoms with E-state index in [9.17, 15) is 10.1 Å². The Kier molecular flexibility index (Phi) is 3.08. The number of hydrogen-bond donors (Lipinski definition) is 1. The maximum absolute atomic E-state index is 10.5. The smallest absolute Gasteiger partial charge is 0.294 e. The SMILES string of the molecule is O=[N+]([O-])c1c(Cl)ccc(Cl)c1CO. The van der Waals surface area contributed by atoms with E-state index in [0.29, 0.717) is 0 Å². The van der Waals surface area contributed by atoms with Crippen LogP contribution >= 0.6 is 23.2 Å². The number of nitro benzene ring substituents is 1. The molecule has 70 valence electrons. The molecular weight excluding hydrogens is 217 g/mol. The normalized spacial score (nSPS) is 10.1. The van der Waals surface area contributed by atoms with E-state index in [1.807, 2.05) is 0 Å². The Bertz CT molecular complexity index is 354. The van der Waals surface area contributed by atoms with Gasteiger partial charge in [0.15, 0.2) is 0 Å². The first-order valence-corrected chi connectivity index (χ1v) is 4.05. The molecule has 0 aliphatic rings. The summed E-state index contributed by atoms with van der Waals surface area (Å²) in [4.78, 5) is 9.84. The van der Waals surface area contributed by atoms with Gasteiger partial charge in [-0.15, -0.1) is 0 Å². The van der Waals surface area contributed by atoms with Gasteiger partial charge in [0, 0.05) is 0 Å². The largest absolute Gasteiger partial charge is 0.391 e. The van der Waals surface area contributed by atoms with Gasteiger partial charge in [-0.1, -0.05) is 23.2 Å². The first-order valence-electron chi connectivity index (χ1n) is 3.30. The van der Waals surface area contributed by atoms with Crippen molar-refractivity contribution >= 4 is 28.9 Å². The van der Waals surface area contributed by atoms with E-state index >= 15 is 0 Å². The Morgan fingerprint density at radius 1 is 1.38 bits per heavy atom. The molecule has 0 fully saturated rings. The molecule has 0 spiro atoms. The van der Waals surface area contributed by atoms with Gasteiger partial charge in [0.2, 0.25) is 0 Å². The number of rotatable bonds is 2. The zero-order valence-corrected chi connectivity index (χ0v) is 7.84. The molecule has 1 aromatic carbocycles. The predicted molar refractivity (Wildman–Crippen MR) is 49.0 cm³/mol. The third-order valence-corrected chi connectivity index (χ3v) is 2.18. The van der Waals surface area contributed by atoms with Crippen LogP contribution in [0.3, 0.4) is 0 Å². The van der Waals surface area contributed by atoms with Gasteiger partial charge in [0.05, 0.1) is 22.1 Å². The minimum absolute atomic E-state index is 0.0292. The lowest BCUT2D eigenvalue weighted by atomic mass is 10.2. The third-order valence-electron chi connectivity index (χ3n) is 1.52. The van der Waals surface area contributed by atoms with Crippen molar-refractivity contribution < 1.29 is 10.0 Å². The van der Waals surface area contributed by atoms with Crippen molar-refractivity contribution in [1.82, 2.24) is 0 Å². The molecule has 0 radical (unpaired) electrons. The first kappa shape index (κ1) is 10.2. The van der Waals surface area contributed by atoms with Crippen LogP contribution in [0.1, 0.15) is 5.56 Å². The highest BCUT2D eigenvalue weighted by atomic mass is 35.5. The van der Waals surface area contributed by atoms with Gasteiger partial charge < -0.3 is 5.11 Å². The number of aliphatic hydroxyl groups excluding tert-OH is 1. The Hall–Kier alpha value is -0.840. The molecule has 0 aliphatic heterocycles. The standard InChI is InChI=1S/C7H5Cl2NO3/c8-5-1-2-6(9)7(10(12)13)4(5)3-11/h1-2,11H,3H2. The fourth-order valence-corrected chi connectivity index (χ4v) is 1.39. The van der Waals surface area contributed by atoms with Crippen LogP contribution in [-0.2, 0) is 6.61 Å². The number of nitrogens with zero attached hydrogens (tertiary/aromatic N) is 1. The van der Waals surface area contributed by atoms with E-state index in [-0.39, 0.29) is 21.3 Å². The fourth-order valence-electron chi connectivity index (χ4n) is 0.931. The lowest BCUT2D eigenvalue weighted by Gasteiger charge is -2.02. The van der Waals surface area contributed by atoms with Gasteiger partial charge in [0.25, 0.3) is 5.69 Å². The Balaban J connectivity index is 3.43. The van der Waals surface area contributed by atoms with Crippen molar-refractivity contribution in [1.29, 1.82) is 0 Å². The van der Waals surface area contributed by atoms with Crippen molar-refractivity contribution in [3.8, 4) is 0 Å². The lowest BCUT2D eigenvalue weighted by molar-refractivity contribution is -0.385. The van der Waals surface area contributed by atoms with E-state index in [2.05, 4.69) is 0 Å². The molecule has 0 bridgehead atoms. The highest BCUT2D eigenvalue weighted by Gasteiger charge is 2.20. The van der Waals surface area contributed by atoms with Crippen molar-refractivity contribution in [2.45, 2.75) is 6.61 Å². The van der Waals surface area contributed by atoms with E-state index in [0.717, 1.165) is 0 Å². The number of aliphatic hydroxyl groups is 1. The summed E-state index contributed by atoms with van der Waals surface area (Å²) < 4.78 is 0. The van der Waals surface area contributed by atoms with E-state index in [4.69, 9.17) is 28.3 Å². The van der Waals surface area contributed by atoms with Crippen LogP contribution in [0.25, 0.3) is 0 Å². The highest BCUT2D eigenvalue weighted by Crippen LogP contribution is 2.33. The van der Waals surface area contributed by atoms with Gasteiger partial charge in [-0.05, 0) is 12.1 Å². The molecule has 0 unspecified atom stereocenters. The molecule has 0 amide bonds. The predicted octanol–water partition coefficient (Wildman–Crippen LogP) is 2.39. The van der Waals surface area contributed by atoms with Gasteiger partial charge >= 0.3 is 0 Å². The summed E-state index contributed by atoms with van der Waals surface area (Å²) in [5, 5.41) is 19.4. The van der Waals surface area contributed by atoms with Crippen LogP contribution in [0.5, 0.6) is 0 Å². The molecule has 13 heavy (non-hydrogen) atoms. The molecule has 0 atom stereocenters. The van der Waals surface area contributed by atoms with E-state index in [1.165, 1.54) is 12.1 Å². The van der Waals surface area contributed by atoms with Crippen LogP contribution in [0.15, 0.2) is 12.1 Å². The molecule has 0 aromatic heterocycles. The zero-order chi connectivity index (χ0) is 10.0. The molecule has 1 aromatic rings. The summed E-state index contributed by atoms with van der Waals surface area (Å²) in [5.74, 6) is 0. The molecule has 1 N–H and O–H groups in total. The van der Waals surface area contributed by atoms with Crippen LogP contribution in [0.4, 0.5) is 5.69 Å². The van der Waals surface area contributed by atoms with Gasteiger partial charge in [-0.2, -0.15) is 0 Å². The minimum atomic E-state index is -0.667. The topological polar surface area (TPSA) is 63.4 Å². The highest BCUT2D eigenvalue weighted by molar-refractivity contribution is 6.35. The summed E-state index contributed by atoms with van der Waals surface area (Å²) >= 11 is 11.2. The second-order valence-corrected chi connectivity index (χ2v) is 3.09. The zero-order valence-electron chi connectivity index (χ0n) is 6.33. The summed E-state index contributed by atoms with van der Waals surface area (Å²) in [7, 11) is 0. The number of nitro groups is 1. The van der Waals surface area contributed by atoms with E-state index in [1.54, 1.807) is 0 Å². The second-order valence-electron chi connectivity index (χ2n) is 2.27. The lowest BCUT2D eigenvalue weighted by Crippen LogP contribution is -1.97. The molecule has 0 heterocycles. The van der Waals surface area contributed by atoms with Crippen molar-refractivity contribution in [2.24, 2.45) is 0 Å². The van der Waals surface area contributed by atoms with E-state index < -0.39 is 11.5 Å². The van der Waals surface area contributed by atoms with Crippen molar-refractivity contribution in [3.63, 3.8) is 0 Å². The average Bonchev–Trinajstić information content (AvgIpc) is 2.07. The summed E-state index contributed by atoms with van der Waals surface area (Å²) in [6.45, 7) is -0.504. The monoisotopic (exact) mass is 221 g/mol. The summed E-state index contributed by atoms with van der Waals surface area (Å²) in [6.07, 6.45) is 0. The van der Waals surface area contributed by atoms with Crippen LogP contribution < -0.4 is 0 Å². The van der Waals surface area contributed by atoms with Gasteiger partial charge in [-0.25, -0.2) is 0 Å². The van der Waals surface area contributed by atoms with Crippen molar-refractivity contribution in [2.75, 3.05) is 0 Å². The molecule has 4 nitrogen and oxygen atoms in total. The average molecular weight is 222 g/mol. The number of hydrogen-bond acceptors (Lipinski definition) is 3. The van der Waals surface area contributed by atoms with Gasteiger partial charge in [-0.3, -0.25) is 10.1 Å². The number of benzene rings is 1. The summed E-state index contributed by atoms with van der Waals surface area (Å²) in [5.41, 5.74) is -0.296. The molecular formula is C7H5Cl2NO3. The fraction of sp³-hybridized carbons (Fsp3) is 0.143. The number of halogens is 2. The van der Waals surface area contributed by atoms with Crippen LogP contribution in [0, 0.1) is 10.1 Å². The first-order chi connectivity index (χ1) is 6.07. The Labute approximate surface area is 83.9 Å². The van der Waals surface area contributed by atoms with Crippen LogP contribution in [0.2, 0.25) is 10.0 Å². The minimum Gasteiger partial charge on any atom is -0.391 e. The van der Waals surface area contributed by atoms with Crippen LogP contribution in [-0.4, -0.2) is 10.0 Å². The molecule has 0 saturated carbocycles. The Morgan fingerprint density at radius 3 is 2.31 bits per heavy atom. The summed E-state index contributed by atoms with van der Waals surface area (Å²) in [6, 6.07) is 2.73. The second kappa shape index (κ2) is 3.91. The molecule has 0 aliphatic carbocycles. The quantitative estimate of drug-likeness (QED) is 0.617. The van der Waals surface area contributed by atoms with Crippen molar-refractivity contribution in [3.05, 3.63) is 37.9 Å². The maximum atomic E-state index is 10.5. The Morgan fingerprint density at radius 2 is 1.92 bits per heavy atom. The third kappa shape index (κ3) is 1.91. The molecule has 1 rings (SSSR count). The molecule has 0 saturated heterocycles. The maximum Gasteiger partial charge on any atom is 0.294 e.